The first-order chi connectivity index (χ1) is 14.7. The van der Waals surface area contributed by atoms with Crippen molar-refractivity contribution in [2.75, 3.05) is 18.0 Å². The summed E-state index contributed by atoms with van der Waals surface area (Å²) in [6.07, 6.45) is 3.53. The topological polar surface area (TPSA) is 115 Å². The second-order valence-corrected chi connectivity index (χ2v) is 8.47. The van der Waals surface area contributed by atoms with Crippen LogP contribution in [0.4, 0.5) is 10.1 Å². The second kappa shape index (κ2) is 7.96. The summed E-state index contributed by atoms with van der Waals surface area (Å²) in [6.45, 7) is 4.53. The van der Waals surface area contributed by atoms with Crippen molar-refractivity contribution in [3.63, 3.8) is 0 Å². The lowest BCUT2D eigenvalue weighted by Gasteiger charge is -2.37. The number of aromatic nitrogens is 1. The number of rotatable bonds is 4. The van der Waals surface area contributed by atoms with Crippen LogP contribution in [0.2, 0.25) is 0 Å². The Balaban J connectivity index is 1.73. The molecule has 0 unspecified atom stereocenters. The van der Waals surface area contributed by atoms with E-state index in [4.69, 9.17) is 10.5 Å². The Bertz CT molecular complexity index is 1120. The lowest BCUT2D eigenvalue weighted by atomic mass is 9.93. The number of aryl methyl sites for hydroxylation is 1. The van der Waals surface area contributed by atoms with Crippen LogP contribution in [0.1, 0.15) is 55.1 Å². The largest absolute Gasteiger partial charge is 0.477 e. The van der Waals surface area contributed by atoms with E-state index < -0.39 is 29.2 Å². The van der Waals surface area contributed by atoms with Gasteiger partial charge in [-0.3, -0.25) is 9.59 Å². The highest BCUT2D eigenvalue weighted by molar-refractivity contribution is 5.95. The minimum absolute atomic E-state index is 0.00425. The summed E-state index contributed by atoms with van der Waals surface area (Å²) in [5.41, 5.74) is 6.33. The average Bonchev–Trinajstić information content (AvgIpc) is 2.72. The van der Waals surface area contributed by atoms with E-state index >= 15 is 4.39 Å². The lowest BCUT2D eigenvalue weighted by Crippen LogP contribution is -2.41. The Hall–Kier alpha value is -2.94. The smallest absolute Gasteiger partial charge is 0.341 e. The zero-order valence-corrected chi connectivity index (χ0v) is 17.6. The van der Waals surface area contributed by atoms with Crippen molar-refractivity contribution in [3.8, 4) is 0 Å². The van der Waals surface area contributed by atoms with Crippen molar-refractivity contribution in [2.24, 2.45) is 5.73 Å². The van der Waals surface area contributed by atoms with Crippen LogP contribution in [-0.4, -0.2) is 46.8 Å². The van der Waals surface area contributed by atoms with Crippen LogP contribution in [0.5, 0.6) is 0 Å². The van der Waals surface area contributed by atoms with E-state index in [0.717, 1.165) is 5.56 Å². The summed E-state index contributed by atoms with van der Waals surface area (Å²) in [5.74, 6) is -2.30. The normalized spacial score (nSPS) is 20.0. The molecular formula is C22H26FN3O5. The number of nitrogens with two attached hydrogens (primary N) is 1. The van der Waals surface area contributed by atoms with Crippen molar-refractivity contribution >= 4 is 28.5 Å². The number of halogens is 1. The van der Waals surface area contributed by atoms with Gasteiger partial charge in [-0.1, -0.05) is 0 Å². The number of carbonyl (C=O) groups excluding carboxylic acids is 1. The summed E-state index contributed by atoms with van der Waals surface area (Å²) < 4.78 is 22.5. The number of pyridine rings is 1. The standard InChI is InChI=1S/C22H26FN3O5/c1-11-3-4-14-18-15(20(27)16(21(28)29)10-26(11)18)9-17(23)19(14)25-7-5-13(6-8-25)31-22(30)12(2)24/h9-13H,3-8,24H2,1-2H3,(H,28,29)/t11-,12-/m0/s1. The molecule has 3 heterocycles. The number of hydrogen-bond acceptors (Lipinski definition) is 6. The van der Waals surface area contributed by atoms with Crippen molar-refractivity contribution in [1.82, 2.24) is 4.57 Å². The van der Waals surface area contributed by atoms with E-state index in [1.165, 1.54) is 12.3 Å². The van der Waals surface area contributed by atoms with Crippen molar-refractivity contribution < 1.29 is 23.8 Å². The van der Waals surface area contributed by atoms with E-state index in [-0.39, 0.29) is 23.1 Å². The molecule has 8 nitrogen and oxygen atoms in total. The molecule has 0 saturated carbocycles. The first-order valence-electron chi connectivity index (χ1n) is 10.5. The average molecular weight is 431 g/mol. The Labute approximate surface area is 178 Å². The zero-order valence-electron chi connectivity index (χ0n) is 17.6. The predicted molar refractivity (Wildman–Crippen MR) is 113 cm³/mol. The molecule has 2 aliphatic rings. The highest BCUT2D eigenvalue weighted by atomic mass is 19.1. The second-order valence-electron chi connectivity index (χ2n) is 8.47. The molecule has 4 rings (SSSR count). The molecule has 1 fully saturated rings. The van der Waals surface area contributed by atoms with Gasteiger partial charge in [-0.25, -0.2) is 9.18 Å². The van der Waals surface area contributed by atoms with Gasteiger partial charge in [0.15, 0.2) is 0 Å². The zero-order chi connectivity index (χ0) is 22.4. The van der Waals surface area contributed by atoms with Crippen LogP contribution in [-0.2, 0) is 16.0 Å². The van der Waals surface area contributed by atoms with Gasteiger partial charge in [0, 0.05) is 49.1 Å². The van der Waals surface area contributed by atoms with E-state index in [1.807, 2.05) is 11.8 Å². The van der Waals surface area contributed by atoms with Crippen LogP contribution >= 0.6 is 0 Å². The van der Waals surface area contributed by atoms with Gasteiger partial charge in [-0.2, -0.15) is 0 Å². The number of nitrogens with zero attached hydrogens (tertiary/aromatic N) is 2. The van der Waals surface area contributed by atoms with E-state index in [1.54, 1.807) is 11.5 Å². The number of hydrogen-bond donors (Lipinski definition) is 2. The Morgan fingerprint density at radius 2 is 1.97 bits per heavy atom. The minimum Gasteiger partial charge on any atom is -0.477 e. The molecular weight excluding hydrogens is 405 g/mol. The maximum absolute atomic E-state index is 15.3. The molecule has 1 aromatic heterocycles. The highest BCUT2D eigenvalue weighted by Gasteiger charge is 2.31. The Morgan fingerprint density at radius 3 is 2.58 bits per heavy atom. The van der Waals surface area contributed by atoms with Crippen molar-refractivity contribution in [2.45, 2.75) is 57.7 Å². The van der Waals surface area contributed by atoms with Crippen LogP contribution in [0, 0.1) is 5.82 Å². The number of ether oxygens (including phenoxy) is 1. The molecule has 0 bridgehead atoms. The van der Waals surface area contributed by atoms with Crippen molar-refractivity contribution in [3.05, 3.63) is 39.4 Å². The van der Waals surface area contributed by atoms with Crippen LogP contribution < -0.4 is 16.1 Å². The van der Waals surface area contributed by atoms with Gasteiger partial charge in [0.1, 0.15) is 23.5 Å². The third-order valence-corrected chi connectivity index (χ3v) is 6.27. The van der Waals surface area contributed by atoms with E-state index in [9.17, 15) is 19.5 Å². The van der Waals surface area contributed by atoms with Gasteiger partial charge in [0.25, 0.3) is 0 Å². The third kappa shape index (κ3) is 3.67. The van der Waals surface area contributed by atoms with Crippen LogP contribution in [0.15, 0.2) is 17.1 Å². The van der Waals surface area contributed by atoms with Gasteiger partial charge >= 0.3 is 11.9 Å². The molecule has 0 radical (unpaired) electrons. The minimum atomic E-state index is -1.32. The summed E-state index contributed by atoms with van der Waals surface area (Å²) >= 11 is 0. The lowest BCUT2D eigenvalue weighted by molar-refractivity contribution is -0.151. The fourth-order valence-corrected chi connectivity index (χ4v) is 4.60. The van der Waals surface area contributed by atoms with Gasteiger partial charge in [0.05, 0.1) is 11.2 Å². The Morgan fingerprint density at radius 1 is 1.29 bits per heavy atom. The predicted octanol–water partition coefficient (Wildman–Crippen LogP) is 2.21. The van der Waals surface area contributed by atoms with Crippen molar-refractivity contribution in [1.29, 1.82) is 0 Å². The number of carboxylic acids is 1. The number of aromatic carboxylic acids is 1. The molecule has 0 aliphatic carbocycles. The number of piperidine rings is 1. The molecule has 166 valence electrons. The van der Waals surface area contributed by atoms with Crippen LogP contribution in [0.3, 0.4) is 0 Å². The number of benzene rings is 1. The fourth-order valence-electron chi connectivity index (χ4n) is 4.60. The molecule has 2 atom stereocenters. The van der Waals surface area contributed by atoms with Gasteiger partial charge in [0.2, 0.25) is 5.43 Å². The molecule has 31 heavy (non-hydrogen) atoms. The first kappa shape index (κ1) is 21.3. The molecule has 2 aromatic rings. The van der Waals surface area contributed by atoms with Crippen LogP contribution in [0.25, 0.3) is 10.9 Å². The maximum atomic E-state index is 15.3. The summed E-state index contributed by atoms with van der Waals surface area (Å²) in [6, 6.07) is 0.477. The maximum Gasteiger partial charge on any atom is 0.341 e. The highest BCUT2D eigenvalue weighted by Crippen LogP contribution is 2.39. The van der Waals surface area contributed by atoms with Gasteiger partial charge in [-0.05, 0) is 32.8 Å². The van der Waals surface area contributed by atoms with E-state index in [0.29, 0.717) is 50.0 Å². The summed E-state index contributed by atoms with van der Waals surface area (Å²) in [5, 5.41) is 9.51. The van der Waals surface area contributed by atoms with E-state index in [2.05, 4.69) is 0 Å². The van der Waals surface area contributed by atoms with Gasteiger partial charge < -0.3 is 25.0 Å². The number of anilines is 1. The first-order valence-corrected chi connectivity index (χ1v) is 10.5. The number of esters is 1. The fraction of sp³-hybridized carbons (Fsp3) is 0.500. The summed E-state index contributed by atoms with van der Waals surface area (Å²) in [7, 11) is 0. The number of carbonyl (C=O) groups is 2. The third-order valence-electron chi connectivity index (χ3n) is 6.27. The molecule has 9 heteroatoms. The monoisotopic (exact) mass is 431 g/mol. The summed E-state index contributed by atoms with van der Waals surface area (Å²) in [4.78, 5) is 37.9. The molecule has 3 N–H and O–H groups in total. The molecule has 1 saturated heterocycles. The SMILES string of the molecule is C[C@H](N)C(=O)OC1CCN(c2c(F)cc3c(=O)c(C(=O)O)cn4c3c2CC[C@@H]4C)CC1. The quantitative estimate of drug-likeness (QED) is 0.713. The molecule has 2 aliphatic heterocycles. The molecule has 1 aromatic carbocycles. The number of carboxylic acid groups (broad SMARTS) is 1. The molecule has 0 spiro atoms. The molecule has 0 amide bonds. The van der Waals surface area contributed by atoms with Gasteiger partial charge in [-0.15, -0.1) is 0 Å². The Kier molecular flexibility index (Phi) is 5.47.